The number of aliphatic hydroxyl groups is 3. The Kier molecular flexibility index (Phi) is 4.99. The van der Waals surface area contributed by atoms with E-state index in [2.05, 4.69) is 0 Å². The van der Waals surface area contributed by atoms with Crippen molar-refractivity contribution in [2.24, 2.45) is 0 Å². The molecule has 3 unspecified atom stereocenters. The van der Waals surface area contributed by atoms with Crippen molar-refractivity contribution in [1.82, 2.24) is 0 Å². The zero-order valence-corrected chi connectivity index (χ0v) is 6.62. The summed E-state index contributed by atoms with van der Waals surface area (Å²) in [5, 5.41) is 26.6. The molecule has 0 aromatic heterocycles. The first kappa shape index (κ1) is 10.2. The first-order chi connectivity index (χ1) is 4.57. The fourth-order valence-corrected chi connectivity index (χ4v) is 0.665. The molecule has 0 aliphatic carbocycles. The zero-order chi connectivity index (χ0) is 8.15. The van der Waals surface area contributed by atoms with Crippen molar-refractivity contribution in [3.8, 4) is 0 Å². The zero-order valence-electron chi connectivity index (χ0n) is 5.87. The molecule has 0 heterocycles. The van der Waals surface area contributed by atoms with E-state index in [1.54, 1.807) is 0 Å². The lowest BCUT2D eigenvalue weighted by molar-refractivity contribution is 0.00148. The minimum absolute atomic E-state index is 0.0871. The van der Waals surface area contributed by atoms with Gasteiger partial charge in [0, 0.05) is 12.3 Å². The van der Waals surface area contributed by atoms with Crippen LogP contribution in [0.3, 0.4) is 0 Å². The van der Waals surface area contributed by atoms with E-state index in [0.29, 0.717) is 0 Å². The monoisotopic (exact) mass is 168 g/mol. The summed E-state index contributed by atoms with van der Waals surface area (Å²) < 4.78 is 0. The minimum Gasteiger partial charge on any atom is -0.392 e. The first-order valence-corrected chi connectivity index (χ1v) is 3.71. The summed E-state index contributed by atoms with van der Waals surface area (Å²) in [6, 6.07) is 0. The van der Waals surface area contributed by atoms with Gasteiger partial charge in [0.25, 0.3) is 0 Å². The molecular weight excluding hydrogens is 156 g/mol. The molecule has 0 saturated carbocycles. The van der Waals surface area contributed by atoms with Crippen LogP contribution < -0.4 is 0 Å². The second-order valence-corrected chi connectivity index (χ2v) is 2.66. The van der Waals surface area contributed by atoms with Gasteiger partial charge in [-0.1, -0.05) is 0 Å². The summed E-state index contributed by atoms with van der Waals surface area (Å²) in [7, 11) is 0. The van der Waals surface area contributed by atoms with Gasteiger partial charge in [-0.15, -0.1) is 11.6 Å². The van der Waals surface area contributed by atoms with Crippen molar-refractivity contribution in [2.45, 2.75) is 31.7 Å². The number of aliphatic hydroxyl groups excluding tert-OH is 3. The topological polar surface area (TPSA) is 60.7 Å². The minimum atomic E-state index is -0.881. The molecule has 10 heavy (non-hydrogen) atoms. The maximum Gasteiger partial charge on any atom is 0.0821 e. The Morgan fingerprint density at radius 2 is 1.80 bits per heavy atom. The van der Waals surface area contributed by atoms with Gasteiger partial charge in [-0.25, -0.2) is 0 Å². The summed E-state index contributed by atoms with van der Waals surface area (Å²) in [5.41, 5.74) is 0. The van der Waals surface area contributed by atoms with Crippen LogP contribution in [0.25, 0.3) is 0 Å². The van der Waals surface area contributed by atoms with E-state index in [4.69, 9.17) is 26.9 Å². The molecule has 62 valence electrons. The van der Waals surface area contributed by atoms with Crippen LogP contribution in [0.5, 0.6) is 0 Å². The molecule has 0 radical (unpaired) electrons. The van der Waals surface area contributed by atoms with E-state index in [9.17, 15) is 0 Å². The number of hydrogen-bond acceptors (Lipinski definition) is 3. The Balaban J connectivity index is 3.46. The van der Waals surface area contributed by atoms with Crippen LogP contribution in [0.2, 0.25) is 0 Å². The molecule has 0 rings (SSSR count). The van der Waals surface area contributed by atoms with Crippen molar-refractivity contribution in [2.75, 3.05) is 5.88 Å². The van der Waals surface area contributed by atoms with Gasteiger partial charge in [0.15, 0.2) is 0 Å². The van der Waals surface area contributed by atoms with E-state index in [1.165, 1.54) is 6.92 Å². The van der Waals surface area contributed by atoms with Crippen LogP contribution in [-0.4, -0.2) is 39.5 Å². The van der Waals surface area contributed by atoms with Crippen LogP contribution in [0.1, 0.15) is 13.3 Å². The summed E-state index contributed by atoms with van der Waals surface area (Å²) in [6.07, 6.45) is -2.29. The van der Waals surface area contributed by atoms with E-state index in [1.807, 2.05) is 0 Å². The van der Waals surface area contributed by atoms with Crippen molar-refractivity contribution >= 4 is 11.6 Å². The summed E-state index contributed by atoms with van der Waals surface area (Å²) in [5.74, 6) is 0.0871. The molecular formula is C6H13ClO3. The molecule has 3 N–H and O–H groups in total. The number of alkyl halides is 1. The maximum absolute atomic E-state index is 8.96. The largest absolute Gasteiger partial charge is 0.392 e. The number of halogens is 1. The Labute approximate surface area is 65.2 Å². The lowest BCUT2D eigenvalue weighted by Gasteiger charge is -2.15. The first-order valence-electron chi connectivity index (χ1n) is 3.18. The van der Waals surface area contributed by atoms with E-state index >= 15 is 0 Å². The Morgan fingerprint density at radius 1 is 1.30 bits per heavy atom. The molecule has 0 bridgehead atoms. The molecule has 0 aromatic rings. The van der Waals surface area contributed by atoms with Crippen molar-refractivity contribution in [3.05, 3.63) is 0 Å². The normalized spacial score (nSPS) is 20.1. The molecule has 3 nitrogen and oxygen atoms in total. The molecule has 4 heteroatoms. The van der Waals surface area contributed by atoms with Gasteiger partial charge < -0.3 is 15.3 Å². The third-order valence-corrected chi connectivity index (χ3v) is 1.60. The average Bonchev–Trinajstić information content (AvgIpc) is 1.87. The van der Waals surface area contributed by atoms with E-state index < -0.39 is 18.3 Å². The molecule has 0 aromatic carbocycles. The molecule has 0 fully saturated rings. The van der Waals surface area contributed by atoms with Crippen LogP contribution in [-0.2, 0) is 0 Å². The third kappa shape index (κ3) is 4.06. The molecule has 0 aliphatic rings. The predicted molar refractivity (Wildman–Crippen MR) is 39.0 cm³/mol. The van der Waals surface area contributed by atoms with Gasteiger partial charge >= 0.3 is 0 Å². The predicted octanol–water partition coefficient (Wildman–Crippen LogP) is -0.282. The van der Waals surface area contributed by atoms with E-state index in [0.717, 1.165) is 0 Å². The van der Waals surface area contributed by atoms with Gasteiger partial charge in [-0.2, -0.15) is 0 Å². The number of rotatable bonds is 4. The van der Waals surface area contributed by atoms with E-state index in [-0.39, 0.29) is 12.3 Å². The highest BCUT2D eigenvalue weighted by Crippen LogP contribution is 2.03. The third-order valence-electron chi connectivity index (χ3n) is 1.25. The Morgan fingerprint density at radius 3 is 2.10 bits per heavy atom. The lowest BCUT2D eigenvalue weighted by atomic mass is 10.1. The highest BCUT2D eigenvalue weighted by Gasteiger charge is 2.14. The summed E-state index contributed by atoms with van der Waals surface area (Å²) in [6.45, 7) is 1.46. The summed E-state index contributed by atoms with van der Waals surface area (Å²) in [4.78, 5) is 0. The molecule has 0 saturated heterocycles. The Hall–Kier alpha value is 0.170. The van der Waals surface area contributed by atoms with Gasteiger partial charge in [-0.3, -0.25) is 0 Å². The van der Waals surface area contributed by atoms with Crippen LogP contribution in [0.4, 0.5) is 0 Å². The van der Waals surface area contributed by atoms with Crippen LogP contribution >= 0.6 is 11.6 Å². The SMILES string of the molecule is CC(O)C(O)CC(O)CCl. The van der Waals surface area contributed by atoms with Crippen molar-refractivity contribution in [1.29, 1.82) is 0 Å². The van der Waals surface area contributed by atoms with Crippen molar-refractivity contribution < 1.29 is 15.3 Å². The van der Waals surface area contributed by atoms with Gasteiger partial charge in [0.1, 0.15) is 0 Å². The van der Waals surface area contributed by atoms with Crippen LogP contribution in [0.15, 0.2) is 0 Å². The van der Waals surface area contributed by atoms with Gasteiger partial charge in [-0.05, 0) is 6.92 Å². The smallest absolute Gasteiger partial charge is 0.0821 e. The second-order valence-electron chi connectivity index (χ2n) is 2.35. The highest BCUT2D eigenvalue weighted by molar-refractivity contribution is 6.18. The quantitative estimate of drug-likeness (QED) is 0.506. The standard InChI is InChI=1S/C6H13ClO3/c1-4(8)6(10)2-5(9)3-7/h4-6,8-10H,2-3H2,1H3. The van der Waals surface area contributed by atoms with Gasteiger partial charge in [0.05, 0.1) is 18.3 Å². The number of hydrogen-bond donors (Lipinski definition) is 3. The molecule has 3 atom stereocenters. The summed E-state index contributed by atoms with van der Waals surface area (Å²) >= 11 is 5.26. The molecule has 0 aliphatic heterocycles. The molecule has 0 spiro atoms. The fourth-order valence-electron chi connectivity index (χ4n) is 0.539. The maximum atomic E-state index is 8.96. The van der Waals surface area contributed by atoms with Gasteiger partial charge in [0.2, 0.25) is 0 Å². The Bertz CT molecular complexity index is 87.1. The van der Waals surface area contributed by atoms with Crippen LogP contribution in [0, 0.1) is 0 Å². The fraction of sp³-hybridized carbons (Fsp3) is 1.00. The molecule has 0 amide bonds. The highest BCUT2D eigenvalue weighted by atomic mass is 35.5. The average molecular weight is 169 g/mol. The second kappa shape index (κ2) is 4.91. The van der Waals surface area contributed by atoms with Crippen molar-refractivity contribution in [3.63, 3.8) is 0 Å². The lowest BCUT2D eigenvalue weighted by Crippen LogP contribution is -2.28.